The highest BCUT2D eigenvalue weighted by molar-refractivity contribution is 9.10. The number of ether oxygens (including phenoxy) is 1. The average molecular weight is 322 g/mol. The van der Waals surface area contributed by atoms with Crippen molar-refractivity contribution in [2.45, 2.75) is 24.8 Å². The maximum Gasteiger partial charge on any atom is 0.240 e. The van der Waals surface area contributed by atoms with Gasteiger partial charge in [0.15, 0.2) is 0 Å². The molecule has 1 N–H and O–H groups in total. The van der Waals surface area contributed by atoms with Gasteiger partial charge in [-0.2, -0.15) is 0 Å². The van der Waals surface area contributed by atoms with Crippen molar-refractivity contribution in [3.63, 3.8) is 0 Å². The third-order valence-electron chi connectivity index (χ3n) is 1.95. The number of sulfonamides is 1. The molecule has 0 aliphatic carbocycles. The second kappa shape index (κ2) is 6.49. The van der Waals surface area contributed by atoms with Gasteiger partial charge in [0.1, 0.15) is 0 Å². The largest absolute Gasteiger partial charge is 0.377 e. The van der Waals surface area contributed by atoms with Crippen molar-refractivity contribution in [1.29, 1.82) is 0 Å². The first-order valence-electron chi connectivity index (χ1n) is 5.28. The number of hydrogen-bond donors (Lipinski definition) is 1. The molecule has 0 heterocycles. The van der Waals surface area contributed by atoms with Crippen molar-refractivity contribution in [2.24, 2.45) is 0 Å². The lowest BCUT2D eigenvalue weighted by Gasteiger charge is -2.09. The van der Waals surface area contributed by atoms with E-state index in [0.29, 0.717) is 6.61 Å². The number of benzene rings is 1. The van der Waals surface area contributed by atoms with E-state index in [1.807, 2.05) is 13.8 Å². The van der Waals surface area contributed by atoms with E-state index >= 15 is 0 Å². The fourth-order valence-corrected chi connectivity index (χ4v) is 2.80. The fraction of sp³-hybridized carbons (Fsp3) is 0.455. The van der Waals surface area contributed by atoms with Gasteiger partial charge >= 0.3 is 0 Å². The zero-order valence-electron chi connectivity index (χ0n) is 9.81. The summed E-state index contributed by atoms with van der Waals surface area (Å²) in [6, 6.07) is 6.58. The quantitative estimate of drug-likeness (QED) is 0.817. The Kier molecular flexibility index (Phi) is 5.58. The van der Waals surface area contributed by atoms with Crippen molar-refractivity contribution >= 4 is 26.0 Å². The minimum Gasteiger partial charge on any atom is -0.377 e. The van der Waals surface area contributed by atoms with Gasteiger partial charge in [-0.25, -0.2) is 13.1 Å². The SMILES string of the molecule is CC(C)OCCNS(=O)(=O)c1cccc(Br)c1. The smallest absolute Gasteiger partial charge is 0.240 e. The van der Waals surface area contributed by atoms with E-state index in [1.165, 1.54) is 0 Å². The van der Waals surface area contributed by atoms with Crippen molar-refractivity contribution in [1.82, 2.24) is 4.72 Å². The molecule has 0 saturated heterocycles. The minimum absolute atomic E-state index is 0.102. The molecule has 0 aliphatic rings. The van der Waals surface area contributed by atoms with Crippen molar-refractivity contribution in [3.8, 4) is 0 Å². The number of halogens is 1. The van der Waals surface area contributed by atoms with E-state index in [-0.39, 0.29) is 17.5 Å². The Morgan fingerprint density at radius 2 is 2.12 bits per heavy atom. The molecule has 0 aromatic heterocycles. The van der Waals surface area contributed by atoms with E-state index < -0.39 is 10.0 Å². The molecule has 4 nitrogen and oxygen atoms in total. The van der Waals surface area contributed by atoms with Crippen LogP contribution in [0.15, 0.2) is 33.6 Å². The molecule has 0 aliphatic heterocycles. The van der Waals surface area contributed by atoms with Crippen molar-refractivity contribution in [3.05, 3.63) is 28.7 Å². The highest BCUT2D eigenvalue weighted by atomic mass is 79.9. The summed E-state index contributed by atoms with van der Waals surface area (Å²) in [5.41, 5.74) is 0. The van der Waals surface area contributed by atoms with Gasteiger partial charge < -0.3 is 4.74 Å². The zero-order valence-corrected chi connectivity index (χ0v) is 12.2. The van der Waals surface area contributed by atoms with Crippen LogP contribution >= 0.6 is 15.9 Å². The lowest BCUT2D eigenvalue weighted by Crippen LogP contribution is -2.28. The van der Waals surface area contributed by atoms with Gasteiger partial charge in [0.2, 0.25) is 10.0 Å². The Morgan fingerprint density at radius 1 is 1.41 bits per heavy atom. The van der Waals surface area contributed by atoms with Gasteiger partial charge in [-0.15, -0.1) is 0 Å². The van der Waals surface area contributed by atoms with Gasteiger partial charge in [0, 0.05) is 11.0 Å². The molecule has 0 spiro atoms. The second-order valence-electron chi connectivity index (χ2n) is 3.77. The molecule has 0 unspecified atom stereocenters. The summed E-state index contributed by atoms with van der Waals surface area (Å²) >= 11 is 3.24. The Bertz CT molecular complexity index is 460. The number of nitrogens with one attached hydrogen (secondary N) is 1. The topological polar surface area (TPSA) is 55.4 Å². The second-order valence-corrected chi connectivity index (χ2v) is 6.46. The summed E-state index contributed by atoms with van der Waals surface area (Å²) in [7, 11) is -3.44. The molecule has 0 atom stereocenters. The van der Waals surface area contributed by atoms with Crippen LogP contribution < -0.4 is 4.72 Å². The van der Waals surface area contributed by atoms with E-state index in [9.17, 15) is 8.42 Å². The molecule has 1 aromatic rings. The third-order valence-corrected chi connectivity index (χ3v) is 3.90. The van der Waals surface area contributed by atoms with Gasteiger partial charge in [-0.05, 0) is 32.0 Å². The molecule has 1 rings (SSSR count). The molecule has 0 radical (unpaired) electrons. The molecule has 17 heavy (non-hydrogen) atoms. The van der Waals surface area contributed by atoms with Crippen molar-refractivity contribution in [2.75, 3.05) is 13.2 Å². The van der Waals surface area contributed by atoms with Crippen LogP contribution in [0.25, 0.3) is 0 Å². The van der Waals surface area contributed by atoms with Crippen LogP contribution in [0.4, 0.5) is 0 Å². The molecular weight excluding hydrogens is 306 g/mol. The normalized spacial score (nSPS) is 12.0. The van der Waals surface area contributed by atoms with Gasteiger partial charge in [0.05, 0.1) is 17.6 Å². The highest BCUT2D eigenvalue weighted by Gasteiger charge is 2.13. The van der Waals surface area contributed by atoms with E-state index in [0.717, 1.165) is 4.47 Å². The van der Waals surface area contributed by atoms with Crippen LogP contribution in [0.2, 0.25) is 0 Å². The molecule has 0 amide bonds. The van der Waals surface area contributed by atoms with Crippen molar-refractivity contribution < 1.29 is 13.2 Å². The van der Waals surface area contributed by atoms with Gasteiger partial charge in [-0.1, -0.05) is 22.0 Å². The van der Waals surface area contributed by atoms with Crippen LogP contribution in [0.1, 0.15) is 13.8 Å². The van der Waals surface area contributed by atoms with Crippen LogP contribution in [0, 0.1) is 0 Å². The van der Waals surface area contributed by atoms with E-state index in [1.54, 1.807) is 24.3 Å². The number of hydrogen-bond acceptors (Lipinski definition) is 3. The summed E-state index contributed by atoms with van der Waals surface area (Å²) in [4.78, 5) is 0.247. The average Bonchev–Trinajstić information content (AvgIpc) is 2.24. The summed E-state index contributed by atoms with van der Waals surface area (Å²) < 4.78 is 32.2. The Labute approximate surface area is 111 Å². The Hall–Kier alpha value is -0.430. The lowest BCUT2D eigenvalue weighted by atomic mass is 10.4. The van der Waals surface area contributed by atoms with E-state index in [4.69, 9.17) is 4.74 Å². The summed E-state index contributed by atoms with van der Waals surface area (Å²) in [5.74, 6) is 0. The van der Waals surface area contributed by atoms with Crippen LogP contribution in [0.5, 0.6) is 0 Å². The first-order valence-corrected chi connectivity index (χ1v) is 7.56. The maximum atomic E-state index is 11.8. The predicted molar refractivity (Wildman–Crippen MR) is 70.4 cm³/mol. The predicted octanol–water partition coefficient (Wildman–Crippen LogP) is 2.15. The lowest BCUT2D eigenvalue weighted by molar-refractivity contribution is 0.0834. The van der Waals surface area contributed by atoms with Gasteiger partial charge in [-0.3, -0.25) is 0 Å². The zero-order chi connectivity index (χ0) is 12.9. The molecule has 1 aromatic carbocycles. The summed E-state index contributed by atoms with van der Waals surface area (Å²) in [6.07, 6.45) is 0.102. The molecule has 0 fully saturated rings. The Morgan fingerprint density at radius 3 is 2.71 bits per heavy atom. The fourth-order valence-electron chi connectivity index (χ4n) is 1.19. The van der Waals surface area contributed by atoms with Gasteiger partial charge in [0.25, 0.3) is 0 Å². The standard InChI is InChI=1S/C11H16BrNO3S/c1-9(2)16-7-6-13-17(14,15)11-5-3-4-10(12)8-11/h3-5,8-9,13H,6-7H2,1-2H3. The number of rotatable bonds is 6. The van der Waals surface area contributed by atoms with Crippen LogP contribution in [-0.2, 0) is 14.8 Å². The third kappa shape index (κ3) is 5.16. The first kappa shape index (κ1) is 14.6. The Balaban J connectivity index is 2.57. The molecule has 0 bridgehead atoms. The van der Waals surface area contributed by atoms with E-state index in [2.05, 4.69) is 20.7 Å². The minimum atomic E-state index is -3.44. The van der Waals surface area contributed by atoms with Crippen LogP contribution in [0.3, 0.4) is 0 Å². The molecular formula is C11H16BrNO3S. The molecule has 0 saturated carbocycles. The summed E-state index contributed by atoms with van der Waals surface area (Å²) in [6.45, 7) is 4.45. The monoisotopic (exact) mass is 321 g/mol. The summed E-state index contributed by atoms with van der Waals surface area (Å²) in [5, 5.41) is 0. The maximum absolute atomic E-state index is 11.8. The highest BCUT2D eigenvalue weighted by Crippen LogP contribution is 2.15. The molecule has 96 valence electrons. The van der Waals surface area contributed by atoms with Crippen LogP contribution in [-0.4, -0.2) is 27.7 Å². The first-order chi connectivity index (χ1) is 7.92. The molecule has 6 heteroatoms.